The molecule has 2 aromatic rings. The first-order valence-corrected chi connectivity index (χ1v) is 11.0. The Morgan fingerprint density at radius 2 is 1.72 bits per heavy atom. The zero-order valence-electron chi connectivity index (χ0n) is 17.8. The molecule has 0 radical (unpaired) electrons. The van der Waals surface area contributed by atoms with E-state index in [1.807, 2.05) is 0 Å². The monoisotopic (exact) mass is 391 g/mol. The van der Waals surface area contributed by atoms with Crippen molar-refractivity contribution in [2.45, 2.75) is 51.6 Å². The zero-order valence-corrected chi connectivity index (χ0v) is 17.8. The fraction of sp³-hybridized carbons (Fsp3) is 0.462. The summed E-state index contributed by atoms with van der Waals surface area (Å²) >= 11 is 0. The van der Waals surface area contributed by atoms with Gasteiger partial charge in [-0.25, -0.2) is 0 Å². The molecule has 1 heterocycles. The second kappa shape index (κ2) is 8.94. The molecule has 3 nitrogen and oxygen atoms in total. The Morgan fingerprint density at radius 3 is 2.38 bits per heavy atom. The molecule has 0 amide bonds. The molecule has 4 rings (SSSR count). The number of hydrogen-bond donors (Lipinski definition) is 0. The molecule has 1 saturated heterocycles. The molecule has 1 aliphatic carbocycles. The minimum absolute atomic E-state index is 0.236. The Labute approximate surface area is 175 Å². The molecular formula is C26H33NO2. The summed E-state index contributed by atoms with van der Waals surface area (Å²) in [5.41, 5.74) is 3.82. The van der Waals surface area contributed by atoms with Gasteiger partial charge in [-0.05, 0) is 80.0 Å². The maximum atomic E-state index is 6.25. The molecule has 1 unspecified atom stereocenters. The van der Waals surface area contributed by atoms with Crippen molar-refractivity contribution in [2.75, 3.05) is 24.6 Å². The highest BCUT2D eigenvalue weighted by Crippen LogP contribution is 2.31. The fourth-order valence-corrected chi connectivity index (χ4v) is 4.02. The molecule has 2 aromatic carbocycles. The highest BCUT2D eigenvalue weighted by Gasteiger charge is 2.25. The van der Waals surface area contributed by atoms with Gasteiger partial charge in [-0.3, -0.25) is 0 Å². The Bertz CT molecular complexity index is 808. The smallest absolute Gasteiger partial charge is 0.119 e. The van der Waals surface area contributed by atoms with Crippen LogP contribution >= 0.6 is 0 Å². The van der Waals surface area contributed by atoms with Crippen molar-refractivity contribution in [2.24, 2.45) is 5.92 Å². The SMILES string of the molecule is C=C(C)C[C@@H](C)c1ccc(OC2CCN(c3ccc(OCC4CC4)cc3)C2)cc1. The van der Waals surface area contributed by atoms with Crippen molar-refractivity contribution in [3.8, 4) is 11.5 Å². The van der Waals surface area contributed by atoms with Crippen LogP contribution in [0.4, 0.5) is 5.69 Å². The van der Waals surface area contributed by atoms with E-state index >= 15 is 0 Å². The van der Waals surface area contributed by atoms with Crippen molar-refractivity contribution < 1.29 is 9.47 Å². The van der Waals surface area contributed by atoms with E-state index in [2.05, 4.69) is 73.9 Å². The van der Waals surface area contributed by atoms with Gasteiger partial charge in [0.05, 0.1) is 13.2 Å². The molecular weight excluding hydrogens is 358 g/mol. The highest BCUT2D eigenvalue weighted by atomic mass is 16.5. The van der Waals surface area contributed by atoms with E-state index in [-0.39, 0.29) is 6.10 Å². The van der Waals surface area contributed by atoms with Gasteiger partial charge in [0.15, 0.2) is 0 Å². The normalized spacial score (nSPS) is 19.8. The van der Waals surface area contributed by atoms with Crippen LogP contribution in [0.25, 0.3) is 0 Å². The summed E-state index contributed by atoms with van der Waals surface area (Å²) in [6.45, 7) is 11.2. The minimum atomic E-state index is 0.236. The summed E-state index contributed by atoms with van der Waals surface area (Å²) in [5, 5.41) is 0. The predicted molar refractivity (Wildman–Crippen MR) is 120 cm³/mol. The van der Waals surface area contributed by atoms with E-state index in [0.717, 1.165) is 50.0 Å². The van der Waals surface area contributed by atoms with Crippen LogP contribution in [-0.4, -0.2) is 25.8 Å². The van der Waals surface area contributed by atoms with Crippen LogP contribution in [0.1, 0.15) is 51.0 Å². The summed E-state index contributed by atoms with van der Waals surface area (Å²) in [6, 6.07) is 17.1. The average Bonchev–Trinajstić information content (AvgIpc) is 3.44. The van der Waals surface area contributed by atoms with Gasteiger partial charge in [-0.2, -0.15) is 0 Å². The first-order valence-electron chi connectivity index (χ1n) is 11.0. The lowest BCUT2D eigenvalue weighted by Gasteiger charge is -2.20. The van der Waals surface area contributed by atoms with E-state index in [0.29, 0.717) is 5.92 Å². The van der Waals surface area contributed by atoms with Crippen molar-refractivity contribution in [3.05, 3.63) is 66.2 Å². The highest BCUT2D eigenvalue weighted by molar-refractivity contribution is 5.50. The maximum absolute atomic E-state index is 6.25. The molecule has 1 aliphatic heterocycles. The number of anilines is 1. The van der Waals surface area contributed by atoms with Gasteiger partial charge < -0.3 is 14.4 Å². The van der Waals surface area contributed by atoms with E-state index < -0.39 is 0 Å². The van der Waals surface area contributed by atoms with E-state index in [1.54, 1.807) is 0 Å². The molecule has 29 heavy (non-hydrogen) atoms. The van der Waals surface area contributed by atoms with Gasteiger partial charge in [0.25, 0.3) is 0 Å². The number of hydrogen-bond acceptors (Lipinski definition) is 3. The lowest BCUT2D eigenvalue weighted by atomic mass is 9.95. The summed E-state index contributed by atoms with van der Waals surface area (Å²) in [4.78, 5) is 2.40. The summed E-state index contributed by atoms with van der Waals surface area (Å²) in [6.07, 6.45) is 4.96. The quantitative estimate of drug-likeness (QED) is 0.475. The van der Waals surface area contributed by atoms with Gasteiger partial charge in [0, 0.05) is 18.7 Å². The number of nitrogens with zero attached hydrogens (tertiary/aromatic N) is 1. The Morgan fingerprint density at radius 1 is 1.03 bits per heavy atom. The van der Waals surface area contributed by atoms with Crippen LogP contribution in [0, 0.1) is 5.92 Å². The minimum Gasteiger partial charge on any atom is -0.493 e. The van der Waals surface area contributed by atoms with E-state index in [1.165, 1.54) is 29.7 Å². The van der Waals surface area contributed by atoms with Crippen LogP contribution in [0.2, 0.25) is 0 Å². The van der Waals surface area contributed by atoms with Crippen LogP contribution in [-0.2, 0) is 0 Å². The fourth-order valence-electron chi connectivity index (χ4n) is 4.02. The second-order valence-electron chi connectivity index (χ2n) is 8.85. The Kier molecular flexibility index (Phi) is 6.13. The number of ether oxygens (including phenoxy) is 2. The third-order valence-corrected chi connectivity index (χ3v) is 5.94. The van der Waals surface area contributed by atoms with E-state index in [4.69, 9.17) is 9.47 Å². The number of allylic oxidation sites excluding steroid dienone is 1. The molecule has 154 valence electrons. The van der Waals surface area contributed by atoms with Gasteiger partial charge in [0.2, 0.25) is 0 Å². The summed E-state index contributed by atoms with van der Waals surface area (Å²) in [7, 11) is 0. The standard InChI is InChI=1S/C26H33NO2/c1-19(2)16-20(3)22-6-10-25(11-7-22)29-26-14-15-27(17-26)23-8-12-24(13-9-23)28-18-21-4-5-21/h6-13,20-21,26H,1,4-5,14-18H2,2-3H3/t20-,26?/m1/s1. The summed E-state index contributed by atoms with van der Waals surface area (Å²) < 4.78 is 12.1. The van der Waals surface area contributed by atoms with Crippen molar-refractivity contribution >= 4 is 5.69 Å². The molecule has 0 aromatic heterocycles. The Balaban J connectivity index is 1.27. The maximum Gasteiger partial charge on any atom is 0.119 e. The summed E-state index contributed by atoms with van der Waals surface area (Å²) in [5.74, 6) is 3.23. The molecule has 0 bridgehead atoms. The van der Waals surface area contributed by atoms with E-state index in [9.17, 15) is 0 Å². The van der Waals surface area contributed by atoms with Crippen molar-refractivity contribution in [1.29, 1.82) is 0 Å². The molecule has 2 fully saturated rings. The van der Waals surface area contributed by atoms with Gasteiger partial charge >= 0.3 is 0 Å². The van der Waals surface area contributed by atoms with Crippen molar-refractivity contribution in [3.63, 3.8) is 0 Å². The predicted octanol–water partition coefficient (Wildman–Crippen LogP) is 6.20. The van der Waals surface area contributed by atoms with Crippen LogP contribution < -0.4 is 14.4 Å². The first-order chi connectivity index (χ1) is 14.1. The number of benzene rings is 2. The molecule has 0 N–H and O–H groups in total. The molecule has 3 heteroatoms. The average molecular weight is 392 g/mol. The largest absolute Gasteiger partial charge is 0.493 e. The first kappa shape index (κ1) is 19.9. The van der Waals surface area contributed by atoms with Gasteiger partial charge in [0.1, 0.15) is 17.6 Å². The second-order valence-corrected chi connectivity index (χ2v) is 8.85. The topological polar surface area (TPSA) is 21.7 Å². The number of rotatable bonds is 9. The van der Waals surface area contributed by atoms with Crippen LogP contribution in [0.3, 0.4) is 0 Å². The third kappa shape index (κ3) is 5.56. The lowest BCUT2D eigenvalue weighted by Crippen LogP contribution is -2.24. The van der Waals surface area contributed by atoms with Crippen LogP contribution in [0.15, 0.2) is 60.7 Å². The Hall–Kier alpha value is -2.42. The third-order valence-electron chi connectivity index (χ3n) is 5.94. The molecule has 1 saturated carbocycles. The van der Waals surface area contributed by atoms with Gasteiger partial charge in [-0.1, -0.05) is 24.6 Å². The van der Waals surface area contributed by atoms with Crippen molar-refractivity contribution in [1.82, 2.24) is 0 Å². The van der Waals surface area contributed by atoms with Crippen LogP contribution in [0.5, 0.6) is 11.5 Å². The zero-order chi connectivity index (χ0) is 20.2. The molecule has 2 aliphatic rings. The molecule has 2 atom stereocenters. The molecule has 0 spiro atoms. The van der Waals surface area contributed by atoms with Gasteiger partial charge in [-0.15, -0.1) is 6.58 Å². The lowest BCUT2D eigenvalue weighted by molar-refractivity contribution is 0.225.